The molecule has 0 heterocycles. The molecule has 5 atom stereocenters. The lowest BCUT2D eigenvalue weighted by Gasteiger charge is -2.34. The SMILES string of the molecule is CCC(COCC(COc1ccccc1)OCCO)(COCC(COc1ccccc1)OCCO)COCC(COc1ccccc1)OCCO.OCCOC(COCCOCC(COc1ccccc1)OCCO)COc1ccccc1. The monoisotopic (exact) mass is 1170 g/mol. The average Bonchev–Trinajstić information content (AvgIpc) is 3.54. The zero-order chi connectivity index (χ0) is 58.9. The zero-order valence-electron chi connectivity index (χ0n) is 48.1. The fourth-order valence-corrected chi connectivity index (χ4v) is 7.55. The first-order chi connectivity index (χ1) is 40.9. The molecule has 0 aromatic heterocycles. The number of rotatable bonds is 50. The lowest BCUT2D eigenvalue weighted by atomic mass is 9.88. The second kappa shape index (κ2) is 46.8. The van der Waals surface area contributed by atoms with Gasteiger partial charge in [-0.2, -0.15) is 0 Å². The molecule has 462 valence electrons. The van der Waals surface area contributed by atoms with E-state index in [1.54, 1.807) is 0 Å². The number of aliphatic hydroxyl groups excluding tert-OH is 5. The minimum Gasteiger partial charge on any atom is -0.491 e. The Kier molecular flexibility index (Phi) is 39.5. The molecule has 20 heteroatoms. The van der Waals surface area contributed by atoms with E-state index in [0.29, 0.717) is 63.3 Å². The van der Waals surface area contributed by atoms with Crippen molar-refractivity contribution in [3.05, 3.63) is 152 Å². The van der Waals surface area contributed by atoms with Gasteiger partial charge in [-0.05, 0) is 67.1 Å². The highest BCUT2D eigenvalue weighted by Crippen LogP contribution is 2.26. The summed E-state index contributed by atoms with van der Waals surface area (Å²) in [7, 11) is 0. The summed E-state index contributed by atoms with van der Waals surface area (Å²) in [4.78, 5) is 0. The lowest BCUT2D eigenvalue weighted by molar-refractivity contribution is -0.122. The summed E-state index contributed by atoms with van der Waals surface area (Å²) < 4.78 is 87.9. The van der Waals surface area contributed by atoms with Gasteiger partial charge >= 0.3 is 0 Å². The van der Waals surface area contributed by atoms with E-state index in [0.717, 1.165) is 11.5 Å². The maximum absolute atomic E-state index is 9.39. The molecule has 0 aliphatic carbocycles. The normalized spacial score (nSPS) is 13.8. The Morgan fingerprint density at radius 3 is 0.675 bits per heavy atom. The number of benzene rings is 5. The highest BCUT2D eigenvalue weighted by molar-refractivity contribution is 5.23. The van der Waals surface area contributed by atoms with Crippen LogP contribution < -0.4 is 23.7 Å². The molecule has 0 radical (unpaired) electrons. The van der Waals surface area contributed by atoms with Crippen LogP contribution in [0.3, 0.4) is 0 Å². The van der Waals surface area contributed by atoms with Crippen LogP contribution in [0.2, 0.25) is 0 Å². The second-order valence-corrected chi connectivity index (χ2v) is 18.8. The van der Waals surface area contributed by atoms with Gasteiger partial charge in [0, 0.05) is 5.41 Å². The fourth-order valence-electron chi connectivity index (χ4n) is 7.55. The van der Waals surface area contributed by atoms with Crippen molar-refractivity contribution in [2.24, 2.45) is 5.41 Å². The summed E-state index contributed by atoms with van der Waals surface area (Å²) >= 11 is 0. The van der Waals surface area contributed by atoms with Crippen molar-refractivity contribution in [1.82, 2.24) is 0 Å². The maximum Gasteiger partial charge on any atom is 0.119 e. The van der Waals surface area contributed by atoms with E-state index >= 15 is 0 Å². The summed E-state index contributed by atoms with van der Waals surface area (Å²) in [6, 6.07) is 47.2. The highest BCUT2D eigenvalue weighted by Gasteiger charge is 2.32. The number of aliphatic hydroxyl groups is 5. The summed E-state index contributed by atoms with van der Waals surface area (Å²) in [5, 5.41) is 46.2. The first-order valence-electron chi connectivity index (χ1n) is 28.3. The number of hydrogen-bond acceptors (Lipinski definition) is 20. The van der Waals surface area contributed by atoms with Crippen LogP contribution in [0.15, 0.2) is 152 Å². The van der Waals surface area contributed by atoms with Gasteiger partial charge < -0.3 is 96.6 Å². The van der Waals surface area contributed by atoms with Crippen molar-refractivity contribution < 1.29 is 96.6 Å². The molecule has 20 nitrogen and oxygen atoms in total. The van der Waals surface area contributed by atoms with Crippen molar-refractivity contribution in [2.75, 3.05) is 165 Å². The molecule has 5 N–H and O–H groups in total. The van der Waals surface area contributed by atoms with Crippen molar-refractivity contribution in [3.8, 4) is 28.7 Å². The van der Waals surface area contributed by atoms with Gasteiger partial charge in [-0.1, -0.05) is 97.9 Å². The van der Waals surface area contributed by atoms with Gasteiger partial charge in [0.05, 0.1) is 132 Å². The van der Waals surface area contributed by atoms with Crippen LogP contribution in [-0.4, -0.2) is 221 Å². The smallest absolute Gasteiger partial charge is 0.119 e. The standard InChI is InChI=1S/C39H56O12.C24H34O8/c1-2-39(30-43-24-36(46-21-18-40)27-49-33-12-6-3-7-13-33,31-44-25-37(47-22-19-41)28-50-34-14-8-4-9-15-34)32-45-26-38(48-23-20-42)29-51-35-16-10-5-11-17-35;25-11-13-29-23(19-31-21-7-3-1-4-8-21)17-27-15-16-28-18-24(30-14-12-26)20-32-22-9-5-2-6-10-22/h3-17,36-38,40-42H,2,18-32H2,1H3;1-10,23-26H,11-20H2. The van der Waals surface area contributed by atoms with Crippen LogP contribution >= 0.6 is 0 Å². The number of ether oxygens (including phenoxy) is 15. The molecule has 0 bridgehead atoms. The van der Waals surface area contributed by atoms with Gasteiger partial charge in [-0.15, -0.1) is 0 Å². The van der Waals surface area contributed by atoms with E-state index in [2.05, 4.69) is 0 Å². The quantitative estimate of drug-likeness (QED) is 0.0292. The fraction of sp³-hybridized carbons (Fsp3) is 0.524. The molecule has 0 aliphatic rings. The topological polar surface area (TPSA) is 240 Å². The van der Waals surface area contributed by atoms with E-state index < -0.39 is 23.7 Å². The van der Waals surface area contributed by atoms with E-state index in [1.165, 1.54) is 0 Å². The van der Waals surface area contributed by atoms with Crippen molar-refractivity contribution in [1.29, 1.82) is 0 Å². The van der Waals surface area contributed by atoms with E-state index in [4.69, 9.17) is 81.3 Å². The summed E-state index contributed by atoms with van der Waals surface area (Å²) in [5.41, 5.74) is -0.578. The predicted molar refractivity (Wildman–Crippen MR) is 311 cm³/mol. The van der Waals surface area contributed by atoms with Crippen LogP contribution in [0, 0.1) is 5.41 Å². The Bertz CT molecular complexity index is 1980. The molecule has 83 heavy (non-hydrogen) atoms. The molecule has 0 aliphatic heterocycles. The highest BCUT2D eigenvalue weighted by atomic mass is 16.6. The summed E-state index contributed by atoms with van der Waals surface area (Å²) in [5.74, 6) is 3.63. The number of para-hydroxylation sites is 5. The Morgan fingerprint density at radius 1 is 0.277 bits per heavy atom. The molecule has 0 saturated heterocycles. The van der Waals surface area contributed by atoms with Crippen LogP contribution in [0.25, 0.3) is 0 Å². The molecule has 5 rings (SSSR count). The molecule has 0 amide bonds. The third kappa shape index (κ3) is 33.5. The molecule has 0 saturated carbocycles. The second-order valence-electron chi connectivity index (χ2n) is 18.8. The first-order valence-corrected chi connectivity index (χ1v) is 28.3. The summed E-state index contributed by atoms with van der Waals surface area (Å²) in [6.07, 6.45) is -1.23. The van der Waals surface area contributed by atoms with Crippen LogP contribution in [-0.2, 0) is 47.4 Å². The Balaban J connectivity index is 0.000000396. The van der Waals surface area contributed by atoms with Gasteiger partial charge in [-0.25, -0.2) is 0 Å². The maximum atomic E-state index is 9.39. The molecular weight excluding hydrogens is 1080 g/mol. The van der Waals surface area contributed by atoms with Crippen LogP contribution in [0.4, 0.5) is 0 Å². The van der Waals surface area contributed by atoms with Gasteiger partial charge in [0.25, 0.3) is 0 Å². The third-order valence-corrected chi connectivity index (χ3v) is 12.0. The van der Waals surface area contributed by atoms with E-state index in [9.17, 15) is 15.3 Å². The Labute approximate surface area is 489 Å². The molecule has 0 spiro atoms. The van der Waals surface area contributed by atoms with Gasteiger partial charge in [0.1, 0.15) is 92.3 Å². The number of hydrogen-bond donors (Lipinski definition) is 5. The molecule has 5 aromatic rings. The van der Waals surface area contributed by atoms with E-state index in [-0.39, 0.29) is 138 Å². The van der Waals surface area contributed by atoms with Crippen molar-refractivity contribution in [3.63, 3.8) is 0 Å². The van der Waals surface area contributed by atoms with Crippen molar-refractivity contribution >= 4 is 0 Å². The lowest BCUT2D eigenvalue weighted by Crippen LogP contribution is -2.41. The average molecular weight is 1170 g/mol. The predicted octanol–water partition coefficient (Wildman–Crippen LogP) is 5.73. The minimum absolute atomic E-state index is 0.0643. The third-order valence-electron chi connectivity index (χ3n) is 12.0. The van der Waals surface area contributed by atoms with Gasteiger partial charge in [0.2, 0.25) is 0 Å². The minimum atomic E-state index is -0.578. The molecular formula is C63H90O20. The molecule has 0 fully saturated rings. The first kappa shape index (κ1) is 70.0. The zero-order valence-corrected chi connectivity index (χ0v) is 48.1. The Morgan fingerprint density at radius 2 is 0.482 bits per heavy atom. The molecule has 5 unspecified atom stereocenters. The van der Waals surface area contributed by atoms with Crippen LogP contribution in [0.1, 0.15) is 13.3 Å². The van der Waals surface area contributed by atoms with Gasteiger partial charge in [-0.3, -0.25) is 0 Å². The largest absolute Gasteiger partial charge is 0.491 e. The van der Waals surface area contributed by atoms with E-state index in [1.807, 2.05) is 159 Å². The van der Waals surface area contributed by atoms with Gasteiger partial charge in [0.15, 0.2) is 0 Å². The van der Waals surface area contributed by atoms with Crippen LogP contribution in [0.5, 0.6) is 28.7 Å². The summed E-state index contributed by atoms with van der Waals surface area (Å²) in [6.45, 7) is 6.66. The molecule has 5 aromatic carbocycles. The Hall–Kier alpha value is -5.50. The van der Waals surface area contributed by atoms with Crippen molar-refractivity contribution in [2.45, 2.75) is 43.9 Å².